The van der Waals surface area contributed by atoms with Crippen molar-refractivity contribution in [1.29, 1.82) is 0 Å². The highest BCUT2D eigenvalue weighted by molar-refractivity contribution is 7.98. The third kappa shape index (κ3) is 12.2. The van der Waals surface area contributed by atoms with E-state index in [1.165, 1.54) is 6.08 Å². The molecule has 5 aromatic rings. The Hall–Kier alpha value is -5.63. The lowest BCUT2D eigenvalue weighted by atomic mass is 10.1. The number of ether oxygens (including phenoxy) is 4. The molecular weight excluding hydrogens is 681 g/mol. The van der Waals surface area contributed by atoms with E-state index in [4.69, 9.17) is 18.9 Å². The number of unbranched alkanes of at least 4 members (excludes halogenated alkanes) is 3. The summed E-state index contributed by atoms with van der Waals surface area (Å²) in [6.45, 7) is 7.11. The van der Waals surface area contributed by atoms with Crippen LogP contribution in [0, 0.1) is 23.7 Å². The van der Waals surface area contributed by atoms with Crippen molar-refractivity contribution in [3.05, 3.63) is 126 Å². The summed E-state index contributed by atoms with van der Waals surface area (Å²) in [5, 5.41) is 4.38. The Bertz CT molecular complexity index is 2180. The second-order valence-corrected chi connectivity index (χ2v) is 13.1. The molecule has 5 aromatic carbocycles. The van der Waals surface area contributed by atoms with Crippen LogP contribution in [0.1, 0.15) is 67.7 Å². The second kappa shape index (κ2) is 20.4. The van der Waals surface area contributed by atoms with Crippen molar-refractivity contribution in [3.8, 4) is 35.2 Å². The van der Waals surface area contributed by atoms with Crippen LogP contribution in [0.25, 0.3) is 21.5 Å². The zero-order chi connectivity index (χ0) is 37.3. The summed E-state index contributed by atoms with van der Waals surface area (Å²) < 4.78 is 21.9. The van der Waals surface area contributed by atoms with Gasteiger partial charge in [0.25, 0.3) is 0 Å². The maximum atomic E-state index is 11.3. The molecule has 270 valence electrons. The van der Waals surface area contributed by atoms with Gasteiger partial charge in [0.1, 0.15) is 11.5 Å². The van der Waals surface area contributed by atoms with Crippen molar-refractivity contribution in [2.45, 2.75) is 50.3 Å². The number of rotatable bonds is 16. The molecule has 0 aliphatic rings. The second-order valence-electron chi connectivity index (χ2n) is 12.3. The van der Waals surface area contributed by atoms with E-state index in [1.54, 1.807) is 18.7 Å². The summed E-state index contributed by atoms with van der Waals surface area (Å²) in [6, 6.07) is 30.7. The van der Waals surface area contributed by atoms with Gasteiger partial charge in [0.15, 0.2) is 0 Å². The number of fused-ring (bicyclic) bond motifs is 2. The first-order valence-electron chi connectivity index (χ1n) is 17.9. The molecule has 0 aliphatic carbocycles. The standard InChI is InChI=1S/C46H44O6S/c1-4-45(47)51-26-9-7-6-8-25-49-42-23-21-39-30-35(16-20-41(39)32-42)13-17-37-18-14-36(31-44(37)53-3)12-11-34-15-19-40-33-43(24-22-38(40)29-34)50-27-10-28-52-46(48)5-2/h4,14-16,18-24,29-33H,1,5-10,25-28H2,2-3H3. The Morgan fingerprint density at radius 1 is 0.604 bits per heavy atom. The van der Waals surface area contributed by atoms with Crippen LogP contribution < -0.4 is 9.47 Å². The Morgan fingerprint density at radius 3 is 1.72 bits per heavy atom. The average Bonchev–Trinajstić information content (AvgIpc) is 3.19. The Morgan fingerprint density at radius 2 is 1.11 bits per heavy atom. The van der Waals surface area contributed by atoms with Crippen LogP contribution in [0.2, 0.25) is 0 Å². The number of benzene rings is 5. The van der Waals surface area contributed by atoms with Crippen molar-refractivity contribution < 1.29 is 28.5 Å². The van der Waals surface area contributed by atoms with Gasteiger partial charge >= 0.3 is 11.9 Å². The highest BCUT2D eigenvalue weighted by Crippen LogP contribution is 2.25. The topological polar surface area (TPSA) is 71.1 Å². The van der Waals surface area contributed by atoms with Crippen molar-refractivity contribution in [3.63, 3.8) is 0 Å². The van der Waals surface area contributed by atoms with Gasteiger partial charge in [-0.3, -0.25) is 4.79 Å². The van der Waals surface area contributed by atoms with Gasteiger partial charge in [-0.25, -0.2) is 4.79 Å². The van der Waals surface area contributed by atoms with Crippen LogP contribution in [0.15, 0.2) is 109 Å². The Kier molecular flexibility index (Phi) is 14.9. The van der Waals surface area contributed by atoms with E-state index in [0.717, 1.165) is 85.9 Å². The molecule has 0 unspecified atom stereocenters. The SMILES string of the molecule is C=CC(=O)OCCCCCCOc1ccc2cc(C#Cc3ccc(C#Cc4ccc5cc(OCCCOC(=O)CC)ccc5c4)cc3SC)ccc2c1. The van der Waals surface area contributed by atoms with Crippen molar-refractivity contribution >= 4 is 45.2 Å². The molecule has 5 rings (SSSR count). The van der Waals surface area contributed by atoms with Gasteiger partial charge in [0.2, 0.25) is 0 Å². The third-order valence-corrected chi connectivity index (χ3v) is 9.12. The molecular formula is C46H44O6S. The zero-order valence-corrected chi connectivity index (χ0v) is 31.2. The maximum Gasteiger partial charge on any atom is 0.330 e. The first-order valence-corrected chi connectivity index (χ1v) is 19.2. The highest BCUT2D eigenvalue weighted by atomic mass is 32.2. The minimum absolute atomic E-state index is 0.190. The van der Waals surface area contributed by atoms with E-state index < -0.39 is 0 Å². The number of thioether (sulfide) groups is 1. The van der Waals surface area contributed by atoms with Gasteiger partial charge in [-0.15, -0.1) is 11.8 Å². The summed E-state index contributed by atoms with van der Waals surface area (Å²) in [5.74, 6) is 14.4. The summed E-state index contributed by atoms with van der Waals surface area (Å²) in [7, 11) is 0. The van der Waals surface area contributed by atoms with E-state index >= 15 is 0 Å². The fourth-order valence-electron chi connectivity index (χ4n) is 5.46. The van der Waals surface area contributed by atoms with Gasteiger partial charge in [0, 0.05) is 46.1 Å². The molecule has 0 fully saturated rings. The molecule has 0 radical (unpaired) electrons. The molecule has 0 bridgehead atoms. The molecule has 0 heterocycles. The summed E-state index contributed by atoms with van der Waals surface area (Å²) in [6.07, 6.45) is 8.07. The van der Waals surface area contributed by atoms with Gasteiger partial charge in [0.05, 0.1) is 26.4 Å². The molecule has 0 aliphatic heterocycles. The lowest BCUT2D eigenvalue weighted by Gasteiger charge is -2.08. The molecule has 0 saturated heterocycles. The van der Waals surface area contributed by atoms with Crippen LogP contribution in [0.5, 0.6) is 11.5 Å². The first kappa shape index (κ1) is 38.6. The summed E-state index contributed by atoms with van der Waals surface area (Å²) in [5.41, 5.74) is 3.79. The monoisotopic (exact) mass is 724 g/mol. The minimum atomic E-state index is -0.370. The predicted octanol–water partition coefficient (Wildman–Crippen LogP) is 9.90. The first-order chi connectivity index (χ1) is 25.9. The van der Waals surface area contributed by atoms with E-state index in [9.17, 15) is 9.59 Å². The van der Waals surface area contributed by atoms with E-state index in [1.807, 2.05) is 48.5 Å². The van der Waals surface area contributed by atoms with E-state index in [0.29, 0.717) is 39.3 Å². The molecule has 0 spiro atoms. The highest BCUT2D eigenvalue weighted by Gasteiger charge is 2.04. The number of hydrogen-bond donors (Lipinski definition) is 0. The fraction of sp³-hybridized carbons (Fsp3) is 0.261. The number of hydrogen-bond acceptors (Lipinski definition) is 7. The number of carbonyl (C=O) groups excluding carboxylic acids is 2. The molecule has 0 amide bonds. The van der Waals surface area contributed by atoms with Crippen molar-refractivity contribution in [1.82, 2.24) is 0 Å². The van der Waals surface area contributed by atoms with E-state index in [-0.39, 0.29) is 11.9 Å². The van der Waals surface area contributed by atoms with Crippen LogP contribution >= 0.6 is 11.8 Å². The van der Waals surface area contributed by atoms with Crippen LogP contribution in [-0.2, 0) is 19.1 Å². The van der Waals surface area contributed by atoms with Crippen molar-refractivity contribution in [2.24, 2.45) is 0 Å². The number of carbonyl (C=O) groups is 2. The van der Waals surface area contributed by atoms with Gasteiger partial charge in [-0.05, 0) is 120 Å². The quantitative estimate of drug-likeness (QED) is 0.0330. The molecule has 0 aromatic heterocycles. The van der Waals surface area contributed by atoms with Gasteiger partial charge < -0.3 is 18.9 Å². The fourth-order valence-corrected chi connectivity index (χ4v) is 6.04. The zero-order valence-electron chi connectivity index (χ0n) is 30.4. The Labute approximate surface area is 316 Å². The maximum absolute atomic E-state index is 11.3. The minimum Gasteiger partial charge on any atom is -0.494 e. The summed E-state index contributed by atoms with van der Waals surface area (Å²) in [4.78, 5) is 23.4. The van der Waals surface area contributed by atoms with Crippen LogP contribution in [0.3, 0.4) is 0 Å². The third-order valence-electron chi connectivity index (χ3n) is 8.35. The van der Waals surface area contributed by atoms with E-state index in [2.05, 4.69) is 79.0 Å². The van der Waals surface area contributed by atoms with Crippen molar-refractivity contribution in [2.75, 3.05) is 32.7 Å². The molecule has 0 saturated carbocycles. The lowest BCUT2D eigenvalue weighted by molar-refractivity contribution is -0.143. The molecule has 0 atom stereocenters. The van der Waals surface area contributed by atoms with Crippen LogP contribution in [0.4, 0.5) is 0 Å². The average molecular weight is 725 g/mol. The largest absolute Gasteiger partial charge is 0.494 e. The van der Waals surface area contributed by atoms with Gasteiger partial charge in [-0.2, -0.15) is 0 Å². The Balaban J connectivity index is 1.14. The molecule has 53 heavy (non-hydrogen) atoms. The smallest absolute Gasteiger partial charge is 0.330 e. The normalized spacial score (nSPS) is 10.5. The van der Waals surface area contributed by atoms with Crippen LogP contribution in [-0.4, -0.2) is 44.6 Å². The summed E-state index contributed by atoms with van der Waals surface area (Å²) >= 11 is 1.66. The predicted molar refractivity (Wildman–Crippen MR) is 215 cm³/mol. The lowest BCUT2D eigenvalue weighted by Crippen LogP contribution is -2.07. The molecule has 7 heteroatoms. The van der Waals surface area contributed by atoms with Gasteiger partial charge in [-0.1, -0.05) is 61.4 Å². The number of esters is 2. The molecule has 6 nitrogen and oxygen atoms in total. The molecule has 0 N–H and O–H groups in total.